The van der Waals surface area contributed by atoms with Crippen molar-refractivity contribution < 1.29 is 18.3 Å². The molecule has 1 aromatic carbocycles. The van der Waals surface area contributed by atoms with E-state index in [1.807, 2.05) is 12.1 Å². The molecule has 0 aliphatic heterocycles. The van der Waals surface area contributed by atoms with Crippen LogP contribution in [0.25, 0.3) is 0 Å². The van der Waals surface area contributed by atoms with Crippen LogP contribution in [0, 0.1) is 5.41 Å². The smallest absolute Gasteiger partial charge is 0.179 e. The minimum atomic E-state index is -3.30. The molecule has 0 spiro atoms. The van der Waals surface area contributed by atoms with Crippen LogP contribution in [0.15, 0.2) is 23.1 Å². The zero-order valence-corrected chi connectivity index (χ0v) is 13.9. The van der Waals surface area contributed by atoms with Gasteiger partial charge >= 0.3 is 0 Å². The van der Waals surface area contributed by atoms with E-state index in [0.29, 0.717) is 5.75 Å². The standard InChI is InChI=1S/C16H24O4S/c1-5-16(6-2)12(10-15(16)17)11-7-8-14(21(4,18)19)13(9-11)20-3/h7-9,12,15,17H,5-6,10H2,1-4H3. The van der Waals surface area contributed by atoms with Crippen LogP contribution in [-0.2, 0) is 9.84 Å². The minimum Gasteiger partial charge on any atom is -0.495 e. The van der Waals surface area contributed by atoms with Crippen molar-refractivity contribution >= 4 is 9.84 Å². The summed E-state index contributed by atoms with van der Waals surface area (Å²) in [5.74, 6) is 0.641. The topological polar surface area (TPSA) is 63.6 Å². The first-order valence-corrected chi connectivity index (χ1v) is 9.25. The second-order valence-corrected chi connectivity index (χ2v) is 7.91. The molecule has 1 saturated carbocycles. The highest BCUT2D eigenvalue weighted by Gasteiger charge is 2.52. The quantitative estimate of drug-likeness (QED) is 0.908. The molecule has 1 aliphatic rings. The van der Waals surface area contributed by atoms with E-state index < -0.39 is 9.84 Å². The lowest BCUT2D eigenvalue weighted by Gasteiger charge is -2.54. The fourth-order valence-corrected chi connectivity index (χ4v) is 4.48. The Balaban J connectivity index is 2.43. The predicted octanol–water partition coefficient (Wildman–Crippen LogP) is 2.75. The van der Waals surface area contributed by atoms with E-state index in [1.165, 1.54) is 13.4 Å². The Morgan fingerprint density at radius 1 is 1.33 bits per heavy atom. The zero-order chi connectivity index (χ0) is 15.8. The number of ether oxygens (including phenoxy) is 1. The van der Waals surface area contributed by atoms with E-state index in [2.05, 4.69) is 13.8 Å². The summed E-state index contributed by atoms with van der Waals surface area (Å²) in [5.41, 5.74) is 0.950. The van der Waals surface area contributed by atoms with Gasteiger partial charge in [-0.2, -0.15) is 0 Å². The Hall–Kier alpha value is -1.07. The van der Waals surface area contributed by atoms with Gasteiger partial charge in [-0.05, 0) is 42.9 Å². The van der Waals surface area contributed by atoms with Gasteiger partial charge in [0.15, 0.2) is 9.84 Å². The average Bonchev–Trinajstić information content (AvgIpc) is 2.44. The third-order valence-corrected chi connectivity index (χ3v) is 6.26. The van der Waals surface area contributed by atoms with E-state index in [0.717, 1.165) is 24.8 Å². The summed E-state index contributed by atoms with van der Waals surface area (Å²) in [6, 6.07) is 5.28. The molecule has 2 rings (SSSR count). The fourth-order valence-electron chi connectivity index (χ4n) is 3.65. The van der Waals surface area contributed by atoms with E-state index in [9.17, 15) is 13.5 Å². The highest BCUT2D eigenvalue weighted by Crippen LogP contribution is 2.57. The molecular formula is C16H24O4S. The van der Waals surface area contributed by atoms with Gasteiger partial charge in [0.25, 0.3) is 0 Å². The van der Waals surface area contributed by atoms with E-state index in [1.54, 1.807) is 6.07 Å². The Morgan fingerprint density at radius 2 is 1.95 bits per heavy atom. The lowest BCUT2D eigenvalue weighted by Crippen LogP contribution is -2.50. The number of methoxy groups -OCH3 is 1. The van der Waals surface area contributed by atoms with Crippen molar-refractivity contribution in [3.05, 3.63) is 23.8 Å². The number of hydrogen-bond acceptors (Lipinski definition) is 4. The Labute approximate surface area is 127 Å². The normalized spacial score (nSPS) is 24.4. The largest absolute Gasteiger partial charge is 0.495 e. The predicted molar refractivity (Wildman–Crippen MR) is 82.5 cm³/mol. The second-order valence-electron chi connectivity index (χ2n) is 5.93. The van der Waals surface area contributed by atoms with Gasteiger partial charge in [-0.1, -0.05) is 19.9 Å². The molecule has 4 nitrogen and oxygen atoms in total. The molecule has 1 aromatic rings. The van der Waals surface area contributed by atoms with Crippen molar-refractivity contribution in [2.24, 2.45) is 5.41 Å². The first kappa shape index (κ1) is 16.3. The van der Waals surface area contributed by atoms with E-state index in [4.69, 9.17) is 4.74 Å². The molecule has 1 fully saturated rings. The molecule has 118 valence electrons. The summed E-state index contributed by atoms with van der Waals surface area (Å²) in [4.78, 5) is 0.215. The molecule has 0 radical (unpaired) electrons. The molecule has 0 bridgehead atoms. The molecule has 1 N–H and O–H groups in total. The maximum absolute atomic E-state index is 11.7. The van der Waals surface area contributed by atoms with Crippen molar-refractivity contribution in [2.75, 3.05) is 13.4 Å². The summed E-state index contributed by atoms with van der Waals surface area (Å²) in [7, 11) is -1.82. The van der Waals surface area contributed by atoms with E-state index in [-0.39, 0.29) is 22.3 Å². The fraction of sp³-hybridized carbons (Fsp3) is 0.625. The molecular weight excluding hydrogens is 288 g/mol. The number of benzene rings is 1. The molecule has 5 heteroatoms. The maximum atomic E-state index is 11.7. The first-order chi connectivity index (χ1) is 9.80. The Morgan fingerprint density at radius 3 is 2.38 bits per heavy atom. The highest BCUT2D eigenvalue weighted by atomic mass is 32.2. The van der Waals surface area contributed by atoms with Crippen LogP contribution in [0.4, 0.5) is 0 Å². The summed E-state index contributed by atoms with van der Waals surface area (Å²) >= 11 is 0. The summed E-state index contributed by atoms with van der Waals surface area (Å²) < 4.78 is 28.7. The molecule has 21 heavy (non-hydrogen) atoms. The third kappa shape index (κ3) is 2.57. The number of rotatable bonds is 5. The molecule has 2 atom stereocenters. The Kier molecular flexibility index (Phi) is 4.36. The van der Waals surface area contributed by atoms with Crippen LogP contribution in [0.3, 0.4) is 0 Å². The number of hydrogen-bond donors (Lipinski definition) is 1. The van der Waals surface area contributed by atoms with Crippen LogP contribution >= 0.6 is 0 Å². The van der Waals surface area contributed by atoms with Crippen molar-refractivity contribution in [1.29, 1.82) is 0 Å². The van der Waals surface area contributed by atoms with Crippen LogP contribution in [0.2, 0.25) is 0 Å². The van der Waals surface area contributed by atoms with Gasteiger partial charge in [0.05, 0.1) is 13.2 Å². The van der Waals surface area contributed by atoms with Crippen LogP contribution in [-0.4, -0.2) is 33.0 Å². The van der Waals surface area contributed by atoms with Crippen molar-refractivity contribution in [1.82, 2.24) is 0 Å². The summed E-state index contributed by atoms with van der Waals surface area (Å²) in [5, 5.41) is 10.2. The summed E-state index contributed by atoms with van der Waals surface area (Å²) in [6.07, 6.45) is 3.44. The Bertz CT molecular complexity index is 617. The number of aliphatic hydroxyl groups excluding tert-OH is 1. The first-order valence-electron chi connectivity index (χ1n) is 7.36. The SMILES string of the molecule is CCC1(CC)C(O)CC1c1ccc(S(C)(=O)=O)c(OC)c1. The minimum absolute atomic E-state index is 0.0996. The second kappa shape index (κ2) is 5.61. The summed E-state index contributed by atoms with van der Waals surface area (Å²) in [6.45, 7) is 4.20. The van der Waals surface area contributed by atoms with Crippen LogP contribution < -0.4 is 4.74 Å². The van der Waals surface area contributed by atoms with Gasteiger partial charge < -0.3 is 9.84 Å². The van der Waals surface area contributed by atoms with Crippen LogP contribution in [0.1, 0.15) is 44.6 Å². The van der Waals surface area contributed by atoms with E-state index >= 15 is 0 Å². The van der Waals surface area contributed by atoms with Gasteiger partial charge in [0, 0.05) is 11.7 Å². The van der Waals surface area contributed by atoms with Gasteiger partial charge in [0.2, 0.25) is 0 Å². The highest BCUT2D eigenvalue weighted by molar-refractivity contribution is 7.90. The average molecular weight is 312 g/mol. The van der Waals surface area contributed by atoms with Gasteiger partial charge in [-0.3, -0.25) is 0 Å². The van der Waals surface area contributed by atoms with Gasteiger partial charge in [-0.25, -0.2) is 8.42 Å². The lowest BCUT2D eigenvalue weighted by molar-refractivity contribution is -0.0932. The zero-order valence-electron chi connectivity index (χ0n) is 13.1. The lowest BCUT2D eigenvalue weighted by atomic mass is 9.53. The molecule has 0 saturated heterocycles. The third-order valence-electron chi connectivity index (χ3n) is 5.12. The number of sulfone groups is 1. The number of aliphatic hydroxyl groups is 1. The van der Waals surface area contributed by atoms with Crippen molar-refractivity contribution in [3.63, 3.8) is 0 Å². The van der Waals surface area contributed by atoms with Crippen molar-refractivity contribution in [2.45, 2.75) is 50.0 Å². The molecule has 2 unspecified atom stereocenters. The molecule has 1 aliphatic carbocycles. The van der Waals surface area contributed by atoms with Crippen molar-refractivity contribution in [3.8, 4) is 5.75 Å². The molecule has 0 aromatic heterocycles. The van der Waals surface area contributed by atoms with Gasteiger partial charge in [0.1, 0.15) is 10.6 Å². The molecule has 0 amide bonds. The monoisotopic (exact) mass is 312 g/mol. The van der Waals surface area contributed by atoms with Gasteiger partial charge in [-0.15, -0.1) is 0 Å². The maximum Gasteiger partial charge on any atom is 0.179 e. The molecule has 0 heterocycles. The van der Waals surface area contributed by atoms with Crippen LogP contribution in [0.5, 0.6) is 5.75 Å².